The largest absolute Gasteiger partial charge is 0.491 e. The molecular weight excluding hydrogens is 366 g/mol. The van der Waals surface area contributed by atoms with Crippen LogP contribution in [0.25, 0.3) is 10.4 Å². The van der Waals surface area contributed by atoms with E-state index in [4.69, 9.17) is 19.7 Å². The summed E-state index contributed by atoms with van der Waals surface area (Å²) in [5.74, 6) is 0.0456. The number of amides is 2. The topological polar surface area (TPSA) is 135 Å². The SMILES string of the molecule is CCCCNC(=O)c1cccc(OCC(N=[N+]=[N-])OCCOCC(=O)NC)c1. The van der Waals surface area contributed by atoms with Gasteiger partial charge in [0.15, 0.2) is 6.23 Å². The van der Waals surface area contributed by atoms with Gasteiger partial charge in [-0.25, -0.2) is 0 Å². The summed E-state index contributed by atoms with van der Waals surface area (Å²) < 4.78 is 16.1. The van der Waals surface area contributed by atoms with Crippen LogP contribution in [0.2, 0.25) is 0 Å². The molecule has 0 aliphatic carbocycles. The van der Waals surface area contributed by atoms with Crippen molar-refractivity contribution < 1.29 is 23.8 Å². The highest BCUT2D eigenvalue weighted by atomic mass is 16.6. The van der Waals surface area contributed by atoms with Crippen molar-refractivity contribution >= 4 is 11.8 Å². The molecule has 0 fully saturated rings. The fourth-order valence-electron chi connectivity index (χ4n) is 2.03. The van der Waals surface area contributed by atoms with Crippen LogP contribution < -0.4 is 15.4 Å². The van der Waals surface area contributed by atoms with Gasteiger partial charge in [0.1, 0.15) is 19.0 Å². The van der Waals surface area contributed by atoms with Crippen LogP contribution in [0.5, 0.6) is 5.75 Å². The maximum atomic E-state index is 12.1. The second-order valence-electron chi connectivity index (χ2n) is 5.70. The minimum absolute atomic E-state index is 0.0274. The second-order valence-corrected chi connectivity index (χ2v) is 5.70. The number of benzene rings is 1. The average molecular weight is 393 g/mol. The Balaban J connectivity index is 2.45. The first-order chi connectivity index (χ1) is 13.6. The lowest BCUT2D eigenvalue weighted by atomic mass is 10.2. The molecule has 0 heterocycles. The van der Waals surface area contributed by atoms with Crippen LogP contribution in [-0.4, -0.2) is 58.1 Å². The fraction of sp³-hybridized carbons (Fsp3) is 0.556. The van der Waals surface area contributed by atoms with Crippen LogP contribution in [-0.2, 0) is 14.3 Å². The van der Waals surface area contributed by atoms with Crippen molar-refractivity contribution in [3.8, 4) is 5.75 Å². The third-order valence-corrected chi connectivity index (χ3v) is 3.54. The Labute approximate surface area is 164 Å². The molecule has 1 unspecified atom stereocenters. The minimum Gasteiger partial charge on any atom is -0.491 e. The molecular formula is C18H27N5O5. The van der Waals surface area contributed by atoms with Gasteiger partial charge in [0.2, 0.25) is 5.91 Å². The smallest absolute Gasteiger partial charge is 0.251 e. The standard InChI is InChI=1S/C18H27N5O5/c1-3-4-8-21-18(25)14-6-5-7-15(11-14)28-13-17(22-23-19)27-10-9-26-12-16(24)20-2/h5-7,11,17H,3-4,8-10,12-13H2,1-2H3,(H,20,24)(H,21,25). The van der Waals surface area contributed by atoms with E-state index < -0.39 is 6.23 Å². The first kappa shape index (κ1) is 23.2. The van der Waals surface area contributed by atoms with Crippen LogP contribution in [0.4, 0.5) is 0 Å². The molecule has 0 aromatic heterocycles. The van der Waals surface area contributed by atoms with Crippen molar-refractivity contribution in [2.24, 2.45) is 5.11 Å². The molecule has 0 saturated carbocycles. The summed E-state index contributed by atoms with van der Waals surface area (Å²) in [6.45, 7) is 2.87. The maximum Gasteiger partial charge on any atom is 0.251 e. The van der Waals surface area contributed by atoms with E-state index in [-0.39, 0.29) is 38.2 Å². The number of hydrogen-bond acceptors (Lipinski definition) is 6. The number of likely N-dealkylation sites (N-methyl/N-ethyl adjacent to an activating group) is 1. The summed E-state index contributed by atoms with van der Waals surface area (Å²) >= 11 is 0. The van der Waals surface area contributed by atoms with Crippen LogP contribution >= 0.6 is 0 Å². The molecule has 2 amide bonds. The third-order valence-electron chi connectivity index (χ3n) is 3.54. The molecule has 0 aliphatic heterocycles. The molecule has 0 spiro atoms. The van der Waals surface area contributed by atoms with Gasteiger partial charge in [0.25, 0.3) is 5.91 Å². The van der Waals surface area contributed by atoms with Crippen molar-refractivity contribution in [3.63, 3.8) is 0 Å². The molecule has 0 aliphatic rings. The molecule has 1 aromatic rings. The Morgan fingerprint density at radius 2 is 2.14 bits per heavy atom. The Bertz CT molecular complexity index is 664. The van der Waals surface area contributed by atoms with Gasteiger partial charge in [0.05, 0.1) is 13.2 Å². The zero-order valence-electron chi connectivity index (χ0n) is 16.2. The van der Waals surface area contributed by atoms with Crippen LogP contribution in [0.3, 0.4) is 0 Å². The molecule has 10 heteroatoms. The predicted molar refractivity (Wildman–Crippen MR) is 103 cm³/mol. The number of ether oxygens (including phenoxy) is 3. The minimum atomic E-state index is -0.865. The number of unbranched alkanes of at least 4 members (excludes halogenated alkanes) is 1. The quantitative estimate of drug-likeness (QED) is 0.216. The molecule has 0 radical (unpaired) electrons. The van der Waals surface area contributed by atoms with E-state index in [1.165, 1.54) is 7.05 Å². The summed E-state index contributed by atoms with van der Waals surface area (Å²) in [5.41, 5.74) is 9.13. The highest BCUT2D eigenvalue weighted by Gasteiger charge is 2.10. The Hall–Kier alpha value is -2.81. The van der Waals surface area contributed by atoms with Gasteiger partial charge in [-0.2, -0.15) is 0 Å². The lowest BCUT2D eigenvalue weighted by Gasteiger charge is -2.14. The zero-order chi connectivity index (χ0) is 20.6. The molecule has 2 N–H and O–H groups in total. The summed E-state index contributed by atoms with van der Waals surface area (Å²) in [6.07, 6.45) is 1.05. The zero-order valence-corrected chi connectivity index (χ0v) is 16.2. The number of hydrogen-bond donors (Lipinski definition) is 2. The highest BCUT2D eigenvalue weighted by Crippen LogP contribution is 2.14. The molecule has 0 bridgehead atoms. The van der Waals surface area contributed by atoms with Gasteiger partial charge in [-0.3, -0.25) is 9.59 Å². The molecule has 154 valence electrons. The van der Waals surface area contributed by atoms with Crippen molar-refractivity contribution in [1.29, 1.82) is 0 Å². The first-order valence-electron chi connectivity index (χ1n) is 9.05. The summed E-state index contributed by atoms with van der Waals surface area (Å²) in [4.78, 5) is 25.8. The van der Waals surface area contributed by atoms with Crippen molar-refractivity contribution in [1.82, 2.24) is 10.6 Å². The van der Waals surface area contributed by atoms with E-state index >= 15 is 0 Å². The molecule has 28 heavy (non-hydrogen) atoms. The monoisotopic (exact) mass is 393 g/mol. The van der Waals surface area contributed by atoms with Gasteiger partial charge in [-0.15, -0.1) is 0 Å². The normalized spacial score (nSPS) is 11.2. The lowest BCUT2D eigenvalue weighted by Crippen LogP contribution is -2.26. The van der Waals surface area contributed by atoms with E-state index in [9.17, 15) is 9.59 Å². The van der Waals surface area contributed by atoms with E-state index in [0.717, 1.165) is 12.8 Å². The number of nitrogens with one attached hydrogen (secondary N) is 2. The summed E-state index contributed by atoms with van der Waals surface area (Å²) in [7, 11) is 1.51. The highest BCUT2D eigenvalue weighted by molar-refractivity contribution is 5.94. The van der Waals surface area contributed by atoms with Gasteiger partial charge in [0, 0.05) is 24.1 Å². The predicted octanol–water partition coefficient (Wildman–Crippen LogP) is 2.01. The van der Waals surface area contributed by atoms with E-state index in [0.29, 0.717) is 17.9 Å². The van der Waals surface area contributed by atoms with Gasteiger partial charge in [-0.05, 0) is 30.2 Å². The molecule has 1 aromatic carbocycles. The van der Waals surface area contributed by atoms with Crippen molar-refractivity contribution in [3.05, 3.63) is 40.3 Å². The average Bonchev–Trinajstić information content (AvgIpc) is 2.71. The van der Waals surface area contributed by atoms with Gasteiger partial charge < -0.3 is 24.8 Å². The van der Waals surface area contributed by atoms with Crippen molar-refractivity contribution in [2.45, 2.75) is 26.0 Å². The van der Waals surface area contributed by atoms with Crippen molar-refractivity contribution in [2.75, 3.05) is 40.0 Å². The summed E-state index contributed by atoms with van der Waals surface area (Å²) in [5, 5.41) is 8.78. The van der Waals surface area contributed by atoms with E-state index in [1.807, 2.05) is 0 Å². The number of azide groups is 1. The Kier molecular flexibility index (Phi) is 11.8. The number of rotatable bonds is 14. The maximum absolute atomic E-state index is 12.1. The van der Waals surface area contributed by atoms with E-state index in [1.54, 1.807) is 24.3 Å². The van der Waals surface area contributed by atoms with Crippen LogP contribution in [0, 0.1) is 0 Å². The number of carbonyl (C=O) groups is 2. The third kappa shape index (κ3) is 9.77. The Morgan fingerprint density at radius 3 is 2.86 bits per heavy atom. The lowest BCUT2D eigenvalue weighted by molar-refractivity contribution is -0.126. The van der Waals surface area contributed by atoms with Gasteiger partial charge >= 0.3 is 0 Å². The molecule has 0 saturated heterocycles. The summed E-state index contributed by atoms with van der Waals surface area (Å²) in [6, 6.07) is 6.71. The van der Waals surface area contributed by atoms with Crippen LogP contribution in [0.1, 0.15) is 30.1 Å². The molecule has 1 rings (SSSR count). The fourth-order valence-corrected chi connectivity index (χ4v) is 2.03. The van der Waals surface area contributed by atoms with Gasteiger partial charge in [-0.1, -0.05) is 24.5 Å². The van der Waals surface area contributed by atoms with Crippen LogP contribution in [0.15, 0.2) is 29.4 Å². The molecule has 1 atom stereocenters. The number of carbonyl (C=O) groups excluding carboxylic acids is 2. The second kappa shape index (κ2) is 14.3. The Morgan fingerprint density at radius 1 is 1.32 bits per heavy atom. The van der Waals surface area contributed by atoms with E-state index in [2.05, 4.69) is 27.6 Å². The first-order valence-corrected chi connectivity index (χ1v) is 9.05. The molecule has 10 nitrogen and oxygen atoms in total. The number of nitrogens with zero attached hydrogens (tertiary/aromatic N) is 3.